The Kier molecular flexibility index (Phi) is 5.37. The van der Waals surface area contributed by atoms with Crippen LogP contribution in [0.15, 0.2) is 18.2 Å². The Morgan fingerprint density at radius 1 is 1.50 bits per heavy atom. The Morgan fingerprint density at radius 2 is 2.20 bits per heavy atom. The maximum atomic E-state index is 14.1. The number of rotatable bonds is 4. The molecule has 1 saturated heterocycles. The van der Waals surface area contributed by atoms with Gasteiger partial charge in [-0.2, -0.15) is 0 Å². The molecule has 0 bridgehead atoms. The Hall–Kier alpha value is -1.14. The second-order valence-corrected chi connectivity index (χ2v) is 6.09. The first-order chi connectivity index (χ1) is 9.58. The number of morpholine rings is 1. The highest BCUT2D eigenvalue weighted by Gasteiger charge is 2.15. The van der Waals surface area contributed by atoms with E-state index in [9.17, 15) is 9.18 Å². The molecule has 0 saturated carbocycles. The molecular weight excluding hydrogens is 327 g/mol. The molecule has 20 heavy (non-hydrogen) atoms. The van der Waals surface area contributed by atoms with Crippen molar-refractivity contribution in [3.63, 3.8) is 0 Å². The van der Waals surface area contributed by atoms with Crippen LogP contribution in [0.3, 0.4) is 0 Å². The van der Waals surface area contributed by atoms with Crippen LogP contribution >= 0.6 is 15.9 Å². The first-order valence-electron chi connectivity index (χ1n) is 6.61. The van der Waals surface area contributed by atoms with Crippen LogP contribution in [-0.4, -0.2) is 37.0 Å². The van der Waals surface area contributed by atoms with Crippen molar-refractivity contribution >= 4 is 27.5 Å². The van der Waals surface area contributed by atoms with E-state index in [0.29, 0.717) is 38.5 Å². The van der Waals surface area contributed by atoms with Gasteiger partial charge < -0.3 is 15.0 Å². The number of ether oxygens (including phenoxy) is 1. The van der Waals surface area contributed by atoms with Crippen molar-refractivity contribution in [2.24, 2.45) is 0 Å². The van der Waals surface area contributed by atoms with Crippen molar-refractivity contribution in [2.75, 3.05) is 31.2 Å². The zero-order valence-corrected chi connectivity index (χ0v) is 13.0. The van der Waals surface area contributed by atoms with Gasteiger partial charge >= 0.3 is 0 Å². The average molecular weight is 345 g/mol. The summed E-state index contributed by atoms with van der Waals surface area (Å²) in [6, 6.07) is 5.08. The third kappa shape index (κ3) is 3.93. The van der Waals surface area contributed by atoms with E-state index in [2.05, 4.69) is 21.2 Å². The van der Waals surface area contributed by atoms with E-state index in [-0.39, 0.29) is 16.6 Å². The number of carbonyl (C=O) groups excluding carboxylic acids is 1. The number of carbonyl (C=O) groups is 1. The smallest absolute Gasteiger partial charge is 0.233 e. The summed E-state index contributed by atoms with van der Waals surface area (Å²) >= 11 is 3.19. The Bertz CT molecular complexity index is 476. The monoisotopic (exact) mass is 344 g/mol. The standard InChI is InChI=1S/C14H18BrFN2O2/c1-10(15)14(19)17-9-11-2-3-13(12(16)8-11)18-4-6-20-7-5-18/h2-3,8,10H,4-7,9H2,1H3,(H,17,19). The second-order valence-electron chi connectivity index (χ2n) is 4.72. The molecule has 1 amide bonds. The lowest BCUT2D eigenvalue weighted by Gasteiger charge is -2.29. The molecule has 1 fully saturated rings. The summed E-state index contributed by atoms with van der Waals surface area (Å²) in [6.45, 7) is 4.73. The predicted molar refractivity (Wildman–Crippen MR) is 79.7 cm³/mol. The highest BCUT2D eigenvalue weighted by molar-refractivity contribution is 9.10. The largest absolute Gasteiger partial charge is 0.378 e. The van der Waals surface area contributed by atoms with Gasteiger partial charge in [0.1, 0.15) is 5.82 Å². The minimum atomic E-state index is -0.259. The fourth-order valence-electron chi connectivity index (χ4n) is 2.05. The Labute approximate surface area is 126 Å². The van der Waals surface area contributed by atoms with Crippen molar-refractivity contribution in [1.29, 1.82) is 0 Å². The van der Waals surface area contributed by atoms with Gasteiger partial charge in [0, 0.05) is 19.6 Å². The van der Waals surface area contributed by atoms with Crippen molar-refractivity contribution in [2.45, 2.75) is 18.3 Å². The Balaban J connectivity index is 2.00. The number of amides is 1. The van der Waals surface area contributed by atoms with Crippen molar-refractivity contribution in [1.82, 2.24) is 5.32 Å². The first kappa shape index (κ1) is 15.3. The van der Waals surface area contributed by atoms with Gasteiger partial charge in [0.25, 0.3) is 0 Å². The van der Waals surface area contributed by atoms with Crippen LogP contribution in [0.2, 0.25) is 0 Å². The zero-order chi connectivity index (χ0) is 14.5. The molecule has 2 rings (SSSR count). The third-order valence-electron chi connectivity index (χ3n) is 3.19. The summed E-state index contributed by atoms with van der Waals surface area (Å²) < 4.78 is 19.4. The number of hydrogen-bond acceptors (Lipinski definition) is 3. The van der Waals surface area contributed by atoms with Crippen LogP contribution in [0.1, 0.15) is 12.5 Å². The van der Waals surface area contributed by atoms with Crippen molar-refractivity contribution in [3.05, 3.63) is 29.6 Å². The fourth-order valence-corrected chi connectivity index (χ4v) is 2.21. The summed E-state index contributed by atoms with van der Waals surface area (Å²) in [7, 11) is 0. The average Bonchev–Trinajstić information content (AvgIpc) is 2.45. The quantitative estimate of drug-likeness (QED) is 0.850. The maximum absolute atomic E-state index is 14.1. The van der Waals surface area contributed by atoms with Gasteiger partial charge in [0.15, 0.2) is 0 Å². The summed E-state index contributed by atoms with van der Waals surface area (Å²) in [6.07, 6.45) is 0. The van der Waals surface area contributed by atoms with Crippen LogP contribution in [-0.2, 0) is 16.1 Å². The number of nitrogens with one attached hydrogen (secondary N) is 1. The SMILES string of the molecule is CC(Br)C(=O)NCc1ccc(N2CCOCC2)c(F)c1. The molecule has 1 aromatic carbocycles. The number of hydrogen-bond donors (Lipinski definition) is 1. The molecule has 1 atom stereocenters. The minimum absolute atomic E-state index is 0.109. The van der Waals surface area contributed by atoms with Crippen LogP contribution < -0.4 is 10.2 Å². The number of anilines is 1. The maximum Gasteiger partial charge on any atom is 0.233 e. The molecule has 0 aliphatic carbocycles. The molecule has 4 nitrogen and oxygen atoms in total. The van der Waals surface area contributed by atoms with Crippen LogP contribution in [0.4, 0.5) is 10.1 Å². The Morgan fingerprint density at radius 3 is 2.80 bits per heavy atom. The fraction of sp³-hybridized carbons (Fsp3) is 0.500. The van der Waals surface area contributed by atoms with Crippen LogP contribution in [0.5, 0.6) is 0 Å². The van der Waals surface area contributed by atoms with Gasteiger partial charge in [-0.3, -0.25) is 4.79 Å². The number of halogens is 2. The normalized spacial score (nSPS) is 16.9. The van der Waals surface area contributed by atoms with Gasteiger partial charge in [-0.25, -0.2) is 4.39 Å². The summed E-state index contributed by atoms with van der Waals surface area (Å²) in [5.41, 5.74) is 1.35. The molecule has 0 spiro atoms. The topological polar surface area (TPSA) is 41.6 Å². The van der Waals surface area contributed by atoms with E-state index in [1.54, 1.807) is 13.0 Å². The van der Waals surface area contributed by atoms with E-state index in [1.165, 1.54) is 6.07 Å². The van der Waals surface area contributed by atoms with Crippen LogP contribution in [0, 0.1) is 5.82 Å². The van der Waals surface area contributed by atoms with Crippen LogP contribution in [0.25, 0.3) is 0 Å². The van der Waals surface area contributed by atoms with Crippen molar-refractivity contribution < 1.29 is 13.9 Å². The van der Waals surface area contributed by atoms with Crippen molar-refractivity contribution in [3.8, 4) is 0 Å². The van der Waals surface area contributed by atoms with E-state index in [0.717, 1.165) is 5.56 Å². The van der Waals surface area contributed by atoms with E-state index in [1.807, 2.05) is 11.0 Å². The van der Waals surface area contributed by atoms with Gasteiger partial charge in [-0.1, -0.05) is 22.0 Å². The van der Waals surface area contributed by atoms with Gasteiger partial charge in [-0.05, 0) is 24.6 Å². The molecule has 0 radical (unpaired) electrons. The minimum Gasteiger partial charge on any atom is -0.378 e. The third-order valence-corrected chi connectivity index (χ3v) is 3.61. The molecule has 1 heterocycles. The molecule has 0 aromatic heterocycles. The molecule has 1 aromatic rings. The lowest BCUT2D eigenvalue weighted by molar-refractivity contribution is -0.120. The number of benzene rings is 1. The van der Waals surface area contributed by atoms with E-state index >= 15 is 0 Å². The first-order valence-corrected chi connectivity index (χ1v) is 7.52. The molecule has 110 valence electrons. The van der Waals surface area contributed by atoms with E-state index < -0.39 is 0 Å². The summed E-state index contributed by atoms with van der Waals surface area (Å²) in [4.78, 5) is 13.2. The summed E-state index contributed by atoms with van der Waals surface area (Å²) in [5, 5.41) is 2.74. The highest BCUT2D eigenvalue weighted by Crippen LogP contribution is 2.21. The van der Waals surface area contributed by atoms with Gasteiger partial charge in [0.2, 0.25) is 5.91 Å². The zero-order valence-electron chi connectivity index (χ0n) is 11.4. The number of alkyl halides is 1. The second kappa shape index (κ2) is 7.04. The summed E-state index contributed by atoms with van der Waals surface area (Å²) in [5.74, 6) is -0.367. The predicted octanol–water partition coefficient (Wildman–Crippen LogP) is 2.06. The molecule has 1 unspecified atom stereocenters. The molecule has 1 N–H and O–H groups in total. The molecule has 1 aliphatic rings. The lowest BCUT2D eigenvalue weighted by Crippen LogP contribution is -2.36. The lowest BCUT2D eigenvalue weighted by atomic mass is 10.1. The van der Waals surface area contributed by atoms with Gasteiger partial charge in [-0.15, -0.1) is 0 Å². The molecular formula is C14H18BrFN2O2. The van der Waals surface area contributed by atoms with Gasteiger partial charge in [0.05, 0.1) is 23.7 Å². The number of nitrogens with zero attached hydrogens (tertiary/aromatic N) is 1. The molecule has 1 aliphatic heterocycles. The highest BCUT2D eigenvalue weighted by atomic mass is 79.9. The molecule has 6 heteroatoms. The van der Waals surface area contributed by atoms with E-state index in [4.69, 9.17) is 4.74 Å².